The van der Waals surface area contributed by atoms with E-state index in [1.165, 1.54) is 0 Å². The maximum Gasteiger partial charge on any atom is 0.327 e. The maximum atomic E-state index is 12.1. The fourth-order valence-electron chi connectivity index (χ4n) is 3.40. The molecular weight excluding hydrogens is 268 g/mol. The molecule has 1 aliphatic heterocycles. The smallest absolute Gasteiger partial charge is 0.327 e. The number of H-pyrrole nitrogens is 1. The predicted molar refractivity (Wildman–Crippen MR) is 69.2 cm³/mol. The van der Waals surface area contributed by atoms with Crippen molar-refractivity contribution in [1.82, 2.24) is 19.5 Å². The average Bonchev–Trinajstić information content (AvgIpc) is 2.99. The van der Waals surface area contributed by atoms with Crippen LogP contribution in [0.25, 0.3) is 11.2 Å². The first-order valence-electron chi connectivity index (χ1n) is 6.43. The predicted octanol–water partition coefficient (Wildman–Crippen LogP) is 1.37. The van der Waals surface area contributed by atoms with E-state index in [2.05, 4.69) is 15.0 Å². The van der Waals surface area contributed by atoms with Crippen LogP contribution in [0.5, 0.6) is 0 Å². The third-order valence-corrected chi connectivity index (χ3v) is 4.46. The van der Waals surface area contributed by atoms with Crippen molar-refractivity contribution < 1.29 is 4.74 Å². The summed E-state index contributed by atoms with van der Waals surface area (Å²) in [5.41, 5.74) is 1.12. The number of aromatic nitrogens is 4. The lowest BCUT2D eigenvalue weighted by Gasteiger charge is -2.12. The van der Waals surface area contributed by atoms with Crippen molar-refractivity contribution in [3.05, 3.63) is 22.0 Å². The van der Waals surface area contributed by atoms with Crippen LogP contribution < -0.4 is 5.69 Å². The van der Waals surface area contributed by atoms with Crippen LogP contribution in [0.4, 0.5) is 0 Å². The Morgan fingerprint density at radius 2 is 2.11 bits per heavy atom. The van der Waals surface area contributed by atoms with E-state index in [4.69, 9.17) is 16.3 Å². The third-order valence-electron chi connectivity index (χ3n) is 4.27. The molecule has 2 aromatic rings. The minimum Gasteiger partial charge on any atom is -0.381 e. The molecule has 7 heteroatoms. The number of rotatable bonds is 1. The zero-order chi connectivity index (χ0) is 13.0. The molecule has 6 nitrogen and oxygen atoms in total. The van der Waals surface area contributed by atoms with Gasteiger partial charge in [0.05, 0.1) is 6.20 Å². The lowest BCUT2D eigenvalue weighted by molar-refractivity contribution is 0.167. The Kier molecular flexibility index (Phi) is 2.43. The Morgan fingerprint density at radius 1 is 1.37 bits per heavy atom. The van der Waals surface area contributed by atoms with Crippen LogP contribution in [0, 0.1) is 11.8 Å². The van der Waals surface area contributed by atoms with Gasteiger partial charge in [0.15, 0.2) is 5.65 Å². The number of aromatic amines is 1. The van der Waals surface area contributed by atoms with Crippen molar-refractivity contribution in [3.63, 3.8) is 0 Å². The van der Waals surface area contributed by atoms with Crippen molar-refractivity contribution in [2.45, 2.75) is 18.9 Å². The summed E-state index contributed by atoms with van der Waals surface area (Å²) in [6.45, 7) is 1.63. The summed E-state index contributed by atoms with van der Waals surface area (Å²) in [5, 5.41) is 0.168. The van der Waals surface area contributed by atoms with Crippen LogP contribution in [0.1, 0.15) is 18.9 Å². The van der Waals surface area contributed by atoms with E-state index in [1.54, 1.807) is 10.8 Å². The van der Waals surface area contributed by atoms with Crippen LogP contribution in [0.2, 0.25) is 5.28 Å². The number of halogens is 1. The van der Waals surface area contributed by atoms with Gasteiger partial charge in [-0.1, -0.05) is 0 Å². The van der Waals surface area contributed by atoms with Gasteiger partial charge in [-0.15, -0.1) is 0 Å². The van der Waals surface area contributed by atoms with E-state index in [1.807, 2.05) is 0 Å². The average molecular weight is 281 g/mol. The summed E-state index contributed by atoms with van der Waals surface area (Å²) >= 11 is 5.83. The summed E-state index contributed by atoms with van der Waals surface area (Å²) < 4.78 is 7.21. The zero-order valence-electron chi connectivity index (χ0n) is 10.2. The van der Waals surface area contributed by atoms with Crippen molar-refractivity contribution in [3.8, 4) is 0 Å². The molecule has 0 radical (unpaired) electrons. The molecule has 0 spiro atoms. The second-order valence-corrected chi connectivity index (χ2v) is 5.70. The Labute approximate surface area is 113 Å². The molecular formula is C12H13ClN4O2. The number of nitrogens with one attached hydrogen (secondary N) is 1. The Bertz CT molecular complexity index is 683. The molecule has 1 saturated carbocycles. The van der Waals surface area contributed by atoms with Crippen LogP contribution in [0.15, 0.2) is 11.0 Å². The van der Waals surface area contributed by atoms with Crippen molar-refractivity contribution in [1.29, 1.82) is 0 Å². The van der Waals surface area contributed by atoms with Gasteiger partial charge in [0.1, 0.15) is 5.52 Å². The van der Waals surface area contributed by atoms with Gasteiger partial charge in [-0.05, 0) is 36.3 Å². The largest absolute Gasteiger partial charge is 0.381 e. The first-order chi connectivity index (χ1) is 9.22. The molecule has 0 bridgehead atoms. The number of imidazole rings is 1. The first kappa shape index (κ1) is 11.4. The lowest BCUT2D eigenvalue weighted by Crippen LogP contribution is -2.21. The number of nitrogens with zero attached hydrogens (tertiary/aromatic N) is 3. The summed E-state index contributed by atoms with van der Waals surface area (Å²) in [7, 11) is 0. The Balaban J connectivity index is 1.80. The Hall–Kier alpha value is -1.40. The molecule has 3 heterocycles. The molecule has 2 atom stereocenters. The molecule has 2 aliphatic rings. The summed E-state index contributed by atoms with van der Waals surface area (Å²) in [6.07, 6.45) is 3.50. The third kappa shape index (κ3) is 1.70. The van der Waals surface area contributed by atoms with E-state index in [0.717, 1.165) is 26.1 Å². The monoisotopic (exact) mass is 280 g/mol. The van der Waals surface area contributed by atoms with E-state index < -0.39 is 0 Å². The van der Waals surface area contributed by atoms with Gasteiger partial charge in [-0.25, -0.2) is 9.78 Å². The summed E-state index contributed by atoms with van der Waals surface area (Å²) in [5.74, 6) is 1.14. The van der Waals surface area contributed by atoms with Crippen molar-refractivity contribution in [2.75, 3.05) is 13.2 Å². The second-order valence-electron chi connectivity index (χ2n) is 5.36. The molecule has 2 aromatic heterocycles. The molecule has 4 rings (SSSR count). The summed E-state index contributed by atoms with van der Waals surface area (Å²) in [4.78, 5) is 23.0. The van der Waals surface area contributed by atoms with E-state index in [0.29, 0.717) is 23.0 Å². The molecule has 1 N–H and O–H groups in total. The Morgan fingerprint density at radius 3 is 2.84 bits per heavy atom. The quantitative estimate of drug-likeness (QED) is 0.801. The van der Waals surface area contributed by atoms with Crippen molar-refractivity contribution >= 4 is 22.8 Å². The minimum absolute atomic E-state index is 0.127. The zero-order valence-corrected chi connectivity index (χ0v) is 10.9. The maximum absolute atomic E-state index is 12.1. The number of fused-ring (bicyclic) bond motifs is 2. The molecule has 100 valence electrons. The van der Waals surface area contributed by atoms with Gasteiger partial charge in [0, 0.05) is 19.3 Å². The molecule has 2 fully saturated rings. The molecule has 0 amide bonds. The van der Waals surface area contributed by atoms with Gasteiger partial charge in [0.2, 0.25) is 5.28 Å². The SMILES string of the molecule is O=c1[nH]c2cnc(Cl)nc2n1C1CC2COCC2C1. The standard InChI is InChI=1S/C12H13ClN4O2/c13-11-14-3-9-10(16-11)17(12(18)15-9)8-1-6-4-19-5-7(6)2-8/h3,6-8H,1-2,4-5H2,(H,15,18). The second kappa shape index (κ2) is 4.05. The lowest BCUT2D eigenvalue weighted by atomic mass is 10.0. The number of hydrogen-bond acceptors (Lipinski definition) is 4. The van der Waals surface area contributed by atoms with Gasteiger partial charge >= 0.3 is 5.69 Å². The van der Waals surface area contributed by atoms with Gasteiger partial charge in [0.25, 0.3) is 0 Å². The van der Waals surface area contributed by atoms with E-state index in [9.17, 15) is 4.79 Å². The molecule has 19 heavy (non-hydrogen) atoms. The fourth-order valence-corrected chi connectivity index (χ4v) is 3.53. The molecule has 2 unspecified atom stereocenters. The minimum atomic E-state index is -0.127. The highest BCUT2D eigenvalue weighted by Gasteiger charge is 2.40. The highest BCUT2D eigenvalue weighted by molar-refractivity contribution is 6.28. The van der Waals surface area contributed by atoms with E-state index >= 15 is 0 Å². The normalized spacial score (nSPS) is 30.1. The summed E-state index contributed by atoms with van der Waals surface area (Å²) in [6, 6.07) is 0.186. The van der Waals surface area contributed by atoms with Crippen molar-refractivity contribution in [2.24, 2.45) is 11.8 Å². The van der Waals surface area contributed by atoms with Crippen LogP contribution in [-0.2, 0) is 4.74 Å². The highest BCUT2D eigenvalue weighted by atomic mass is 35.5. The fraction of sp³-hybridized carbons (Fsp3) is 0.583. The molecule has 1 saturated heterocycles. The van der Waals surface area contributed by atoms with Crippen LogP contribution in [0.3, 0.4) is 0 Å². The van der Waals surface area contributed by atoms with Crippen LogP contribution >= 0.6 is 11.6 Å². The van der Waals surface area contributed by atoms with Gasteiger partial charge < -0.3 is 9.72 Å². The van der Waals surface area contributed by atoms with Gasteiger partial charge in [-0.3, -0.25) is 4.57 Å². The van der Waals surface area contributed by atoms with Gasteiger partial charge in [-0.2, -0.15) is 4.98 Å². The van der Waals surface area contributed by atoms with E-state index in [-0.39, 0.29) is 17.0 Å². The highest BCUT2D eigenvalue weighted by Crippen LogP contribution is 2.43. The first-order valence-corrected chi connectivity index (χ1v) is 6.80. The molecule has 0 aromatic carbocycles. The number of hydrogen-bond donors (Lipinski definition) is 1. The van der Waals surface area contributed by atoms with Crippen LogP contribution in [-0.4, -0.2) is 32.7 Å². The number of ether oxygens (including phenoxy) is 1. The topological polar surface area (TPSA) is 72.8 Å². The molecule has 1 aliphatic carbocycles.